The van der Waals surface area contributed by atoms with Crippen molar-refractivity contribution in [3.63, 3.8) is 0 Å². The predicted octanol–water partition coefficient (Wildman–Crippen LogP) is -0.785. The molecule has 1 unspecified atom stereocenters. The first kappa shape index (κ1) is 9.04. The summed E-state index contributed by atoms with van der Waals surface area (Å²) in [5.74, 6) is 0. The fourth-order valence-corrected chi connectivity index (χ4v) is 1.25. The minimum atomic E-state index is -0.527. The van der Waals surface area contributed by atoms with Gasteiger partial charge in [-0.15, -0.1) is 5.10 Å². The fourth-order valence-electron chi connectivity index (χ4n) is 1.25. The summed E-state index contributed by atoms with van der Waals surface area (Å²) in [5, 5.41) is 19.5. The third-order valence-electron chi connectivity index (χ3n) is 1.97. The van der Waals surface area contributed by atoms with Gasteiger partial charge in [-0.25, -0.2) is 4.98 Å². The first-order chi connectivity index (χ1) is 6.79. The van der Waals surface area contributed by atoms with Crippen molar-refractivity contribution in [2.45, 2.75) is 12.5 Å². The normalized spacial score (nSPS) is 13.3. The summed E-state index contributed by atoms with van der Waals surface area (Å²) in [6.45, 7) is 0.247. The minimum Gasteiger partial charge on any atom is -0.391 e. The zero-order chi connectivity index (χ0) is 9.97. The Morgan fingerprint density at radius 1 is 1.50 bits per heavy atom. The maximum Gasteiger partial charge on any atom is 0.201 e. The van der Waals surface area contributed by atoms with Crippen molar-refractivity contribution in [3.05, 3.63) is 17.8 Å². The Labute approximate surface area is 80.1 Å². The van der Waals surface area contributed by atoms with E-state index in [1.165, 1.54) is 0 Å². The van der Waals surface area contributed by atoms with Gasteiger partial charge in [-0.3, -0.25) is 0 Å². The minimum absolute atomic E-state index is 0.247. The van der Waals surface area contributed by atoms with Crippen LogP contribution in [0.1, 0.15) is 5.56 Å². The molecule has 6 heteroatoms. The highest BCUT2D eigenvalue weighted by atomic mass is 16.3. The molecule has 0 bridgehead atoms. The zero-order valence-electron chi connectivity index (χ0n) is 7.51. The van der Waals surface area contributed by atoms with Crippen molar-refractivity contribution in [3.8, 4) is 0 Å². The van der Waals surface area contributed by atoms with E-state index in [4.69, 9.17) is 5.73 Å². The van der Waals surface area contributed by atoms with Crippen LogP contribution < -0.4 is 5.73 Å². The summed E-state index contributed by atoms with van der Waals surface area (Å²) in [7, 11) is 0. The van der Waals surface area contributed by atoms with Crippen molar-refractivity contribution in [1.29, 1.82) is 0 Å². The van der Waals surface area contributed by atoms with Gasteiger partial charge < -0.3 is 10.8 Å². The Hall–Kier alpha value is -1.53. The van der Waals surface area contributed by atoms with Gasteiger partial charge in [0.15, 0.2) is 0 Å². The monoisotopic (exact) mass is 193 g/mol. The van der Waals surface area contributed by atoms with Crippen molar-refractivity contribution in [1.82, 2.24) is 20.4 Å². The first-order valence-electron chi connectivity index (χ1n) is 4.33. The topological polar surface area (TPSA) is 101 Å². The van der Waals surface area contributed by atoms with E-state index in [0.717, 1.165) is 5.56 Å². The van der Waals surface area contributed by atoms with E-state index in [9.17, 15) is 5.11 Å². The number of aromatic nitrogens is 4. The largest absolute Gasteiger partial charge is 0.391 e. The number of nitrogens with zero attached hydrogens (tertiary/aromatic N) is 3. The van der Waals surface area contributed by atoms with Crippen LogP contribution in [-0.2, 0) is 6.42 Å². The van der Waals surface area contributed by atoms with Crippen molar-refractivity contribution in [2.75, 3.05) is 6.54 Å². The zero-order valence-corrected chi connectivity index (χ0v) is 7.51. The SMILES string of the molecule is NCC(O)Cc1cnc2n[nH]nc2c1. The molecule has 1 atom stereocenters. The van der Waals surface area contributed by atoms with E-state index in [2.05, 4.69) is 20.4 Å². The lowest BCUT2D eigenvalue weighted by atomic mass is 10.1. The number of nitrogens with one attached hydrogen (secondary N) is 1. The molecule has 0 radical (unpaired) electrons. The molecular weight excluding hydrogens is 182 g/mol. The average Bonchev–Trinajstić information content (AvgIpc) is 2.64. The maximum atomic E-state index is 9.34. The van der Waals surface area contributed by atoms with Gasteiger partial charge in [-0.05, 0) is 11.6 Å². The van der Waals surface area contributed by atoms with Gasteiger partial charge in [0, 0.05) is 19.2 Å². The Balaban J connectivity index is 2.25. The fraction of sp³-hybridized carbons (Fsp3) is 0.375. The lowest BCUT2D eigenvalue weighted by Gasteiger charge is -2.05. The molecule has 4 N–H and O–H groups in total. The number of fused-ring (bicyclic) bond motifs is 1. The molecule has 6 nitrogen and oxygen atoms in total. The molecule has 0 aliphatic rings. The van der Waals surface area contributed by atoms with Gasteiger partial charge >= 0.3 is 0 Å². The maximum absolute atomic E-state index is 9.34. The number of nitrogens with two attached hydrogens (primary N) is 1. The molecular formula is C8H11N5O. The Kier molecular flexibility index (Phi) is 2.38. The lowest BCUT2D eigenvalue weighted by molar-refractivity contribution is 0.183. The van der Waals surface area contributed by atoms with Crippen LogP contribution in [0.2, 0.25) is 0 Å². The molecule has 0 spiro atoms. The number of hydrogen-bond donors (Lipinski definition) is 3. The number of hydrogen-bond acceptors (Lipinski definition) is 5. The van der Waals surface area contributed by atoms with Crippen LogP contribution in [0.3, 0.4) is 0 Å². The summed E-state index contributed by atoms with van der Waals surface area (Å²) >= 11 is 0. The summed E-state index contributed by atoms with van der Waals surface area (Å²) in [4.78, 5) is 4.07. The summed E-state index contributed by atoms with van der Waals surface area (Å²) in [6.07, 6.45) is 1.64. The second kappa shape index (κ2) is 3.69. The third kappa shape index (κ3) is 1.70. The molecule has 0 aliphatic heterocycles. The van der Waals surface area contributed by atoms with Crippen molar-refractivity contribution >= 4 is 11.2 Å². The first-order valence-corrected chi connectivity index (χ1v) is 4.33. The standard InChI is InChI=1S/C8H11N5O/c9-3-6(14)1-5-2-7-8(10-4-5)12-13-11-7/h2,4,6,14H,1,3,9H2,(H,10,11,12,13). The van der Waals surface area contributed by atoms with E-state index in [-0.39, 0.29) is 6.54 Å². The molecule has 2 aromatic heterocycles. The highest BCUT2D eigenvalue weighted by Gasteiger charge is 2.05. The number of aliphatic hydroxyl groups excluding tert-OH is 1. The smallest absolute Gasteiger partial charge is 0.201 e. The van der Waals surface area contributed by atoms with Crippen LogP contribution in [-0.4, -0.2) is 38.1 Å². The highest BCUT2D eigenvalue weighted by Crippen LogP contribution is 2.08. The average molecular weight is 193 g/mol. The number of pyridine rings is 1. The van der Waals surface area contributed by atoms with Crippen LogP contribution in [0.15, 0.2) is 12.3 Å². The van der Waals surface area contributed by atoms with E-state index >= 15 is 0 Å². The molecule has 2 rings (SSSR count). The molecule has 0 fully saturated rings. The highest BCUT2D eigenvalue weighted by molar-refractivity contribution is 5.68. The van der Waals surface area contributed by atoms with Crippen LogP contribution in [0.4, 0.5) is 0 Å². The molecule has 0 aromatic carbocycles. The van der Waals surface area contributed by atoms with Gasteiger partial charge in [0.25, 0.3) is 0 Å². The van der Waals surface area contributed by atoms with E-state index in [1.807, 2.05) is 6.07 Å². The van der Waals surface area contributed by atoms with Crippen LogP contribution >= 0.6 is 0 Å². The van der Waals surface area contributed by atoms with Crippen molar-refractivity contribution in [2.24, 2.45) is 5.73 Å². The van der Waals surface area contributed by atoms with Crippen molar-refractivity contribution < 1.29 is 5.11 Å². The molecule has 2 aromatic rings. The quantitative estimate of drug-likeness (QED) is 0.593. The van der Waals surface area contributed by atoms with E-state index in [1.54, 1.807) is 6.20 Å². The second-order valence-electron chi connectivity index (χ2n) is 3.10. The van der Waals surface area contributed by atoms with Crippen LogP contribution in [0.25, 0.3) is 11.2 Å². The van der Waals surface area contributed by atoms with Crippen LogP contribution in [0.5, 0.6) is 0 Å². The van der Waals surface area contributed by atoms with Crippen LogP contribution in [0, 0.1) is 0 Å². The summed E-state index contributed by atoms with van der Waals surface area (Å²) in [6, 6.07) is 1.84. The number of rotatable bonds is 3. The Morgan fingerprint density at radius 3 is 3.14 bits per heavy atom. The molecule has 0 amide bonds. The number of aromatic amines is 1. The molecule has 2 heterocycles. The summed E-state index contributed by atoms with van der Waals surface area (Å²) in [5.41, 5.74) is 7.50. The number of aliphatic hydroxyl groups is 1. The van der Waals surface area contributed by atoms with Gasteiger partial charge in [-0.1, -0.05) is 0 Å². The Morgan fingerprint density at radius 2 is 2.36 bits per heavy atom. The van der Waals surface area contributed by atoms with Gasteiger partial charge in [0.2, 0.25) is 5.65 Å². The lowest BCUT2D eigenvalue weighted by Crippen LogP contribution is -2.21. The molecule has 0 saturated carbocycles. The van der Waals surface area contributed by atoms with E-state index < -0.39 is 6.10 Å². The molecule has 0 aliphatic carbocycles. The molecule has 14 heavy (non-hydrogen) atoms. The molecule has 0 saturated heterocycles. The summed E-state index contributed by atoms with van der Waals surface area (Å²) < 4.78 is 0. The van der Waals surface area contributed by atoms with Gasteiger partial charge in [-0.2, -0.15) is 10.3 Å². The predicted molar refractivity (Wildman–Crippen MR) is 50.4 cm³/mol. The third-order valence-corrected chi connectivity index (χ3v) is 1.97. The van der Waals surface area contributed by atoms with Gasteiger partial charge in [0.1, 0.15) is 5.52 Å². The Bertz CT molecular complexity index is 426. The second-order valence-corrected chi connectivity index (χ2v) is 3.10. The number of H-pyrrole nitrogens is 1. The van der Waals surface area contributed by atoms with Gasteiger partial charge in [0.05, 0.1) is 6.10 Å². The van der Waals surface area contributed by atoms with E-state index in [0.29, 0.717) is 17.6 Å². The molecule has 74 valence electrons.